The summed E-state index contributed by atoms with van der Waals surface area (Å²) >= 11 is 8.46. The zero-order valence-electron chi connectivity index (χ0n) is 4.30. The summed E-state index contributed by atoms with van der Waals surface area (Å²) in [7, 11) is 3.71. The molecule has 0 heterocycles. The van der Waals surface area contributed by atoms with Crippen molar-refractivity contribution in [1.29, 1.82) is 0 Å². The Morgan fingerprint density at radius 1 is 1.57 bits per heavy atom. The Labute approximate surface area is 87.8 Å². The van der Waals surface area contributed by atoms with E-state index >= 15 is 0 Å². The summed E-state index contributed by atoms with van der Waals surface area (Å²) in [5.74, 6) is 0. The van der Waals surface area contributed by atoms with Crippen LogP contribution >= 0.6 is 24.8 Å². The summed E-state index contributed by atoms with van der Waals surface area (Å²) < 4.78 is 0.620. The van der Waals surface area contributed by atoms with E-state index < -0.39 is 0 Å². The van der Waals surface area contributed by atoms with E-state index in [0.29, 0.717) is 4.32 Å². The first-order valence-electron chi connectivity index (χ1n) is 1.55. The van der Waals surface area contributed by atoms with Gasteiger partial charge in [0.05, 0.1) is 0 Å². The molecule has 0 saturated heterocycles. The van der Waals surface area contributed by atoms with Gasteiger partial charge >= 0.3 is 0 Å². The van der Waals surface area contributed by atoms with Gasteiger partial charge in [0.1, 0.15) is 4.32 Å². The quantitative estimate of drug-likeness (QED) is 0.509. The molecule has 0 atom stereocenters. The molecule has 0 rings (SSSR count). The van der Waals surface area contributed by atoms with Crippen molar-refractivity contribution < 1.29 is 40.8 Å². The second kappa shape index (κ2) is 5.72. The third-order valence-corrected chi connectivity index (χ3v) is 1.15. The van der Waals surface area contributed by atoms with Crippen molar-refractivity contribution in [3.8, 4) is 0 Å². The Morgan fingerprint density at radius 3 is 1.71 bits per heavy atom. The van der Waals surface area contributed by atoms with E-state index in [9.17, 15) is 0 Å². The van der Waals surface area contributed by atoms with Crippen LogP contribution in [-0.4, -0.2) is 23.3 Å². The molecule has 7 heavy (non-hydrogen) atoms. The van der Waals surface area contributed by atoms with Crippen LogP contribution in [0.5, 0.6) is 0 Å². The number of rotatable bonds is 0. The van der Waals surface area contributed by atoms with E-state index in [1.54, 1.807) is 4.90 Å². The van der Waals surface area contributed by atoms with Crippen molar-refractivity contribution in [3.05, 3.63) is 0 Å². The van der Waals surface area contributed by atoms with Crippen molar-refractivity contribution in [2.75, 3.05) is 14.1 Å². The van der Waals surface area contributed by atoms with Crippen molar-refractivity contribution >= 4 is 29.2 Å². The first kappa shape index (κ1) is 11.4. The topological polar surface area (TPSA) is 3.24 Å². The number of hydrogen-bond donors (Lipinski definition) is 1. The van der Waals surface area contributed by atoms with Crippen LogP contribution in [-0.2, 0) is 0 Å². The molecule has 0 aromatic rings. The molecule has 0 saturated carbocycles. The van der Waals surface area contributed by atoms with Crippen LogP contribution < -0.4 is 0 Å². The molecule has 0 spiro atoms. The van der Waals surface area contributed by atoms with Crippen LogP contribution in [0.2, 0.25) is 0 Å². The third-order valence-electron chi connectivity index (χ3n) is 0.383. The molecule has 4 heteroatoms. The molecule has 0 aromatic heterocycles. The van der Waals surface area contributed by atoms with Gasteiger partial charge in [-0.05, 0) is 0 Å². The maximum Gasteiger partial charge on any atom is 0.132 e. The van der Waals surface area contributed by atoms with Crippen molar-refractivity contribution in [3.63, 3.8) is 0 Å². The molecule has 0 radical (unpaired) electrons. The van der Waals surface area contributed by atoms with Crippen molar-refractivity contribution in [2.45, 2.75) is 0 Å². The summed E-state index contributed by atoms with van der Waals surface area (Å²) in [4.78, 5) is 1.76. The summed E-state index contributed by atoms with van der Waals surface area (Å²) in [6, 6.07) is 0. The van der Waals surface area contributed by atoms with E-state index in [4.69, 9.17) is 0 Å². The van der Waals surface area contributed by atoms with Gasteiger partial charge in [-0.1, -0.05) is 12.2 Å². The fourth-order valence-corrected chi connectivity index (χ4v) is 0. The number of thiocarbonyl (C=S) groups is 1. The molecule has 0 unspecified atom stereocenters. The Morgan fingerprint density at radius 2 is 1.71 bits per heavy atom. The Bertz CT molecular complexity index is 64.0. The largest absolute Gasteiger partial charge is 0.364 e. The predicted octanol–water partition coefficient (Wildman–Crippen LogP) is 0.763. The zero-order chi connectivity index (χ0) is 5.15. The SMILES string of the molecule is CN(C)C(=S)S.[Nd]. The van der Waals surface area contributed by atoms with Gasteiger partial charge in [0.2, 0.25) is 0 Å². The number of nitrogens with zero attached hydrogens (tertiary/aromatic N) is 1. The Hall–Kier alpha value is 1.59. The van der Waals surface area contributed by atoms with Gasteiger partial charge in [0, 0.05) is 54.9 Å². The molecular formula is C3H7NNdS2. The van der Waals surface area contributed by atoms with E-state index in [1.165, 1.54) is 0 Å². The second-order valence-corrected chi connectivity index (χ2v) is 2.29. The van der Waals surface area contributed by atoms with Crippen molar-refractivity contribution in [1.82, 2.24) is 4.90 Å². The molecule has 0 aliphatic rings. The Balaban J connectivity index is 0. The van der Waals surface area contributed by atoms with Gasteiger partial charge in [-0.15, -0.1) is 12.6 Å². The summed E-state index contributed by atoms with van der Waals surface area (Å²) in [5.41, 5.74) is 0. The summed E-state index contributed by atoms with van der Waals surface area (Å²) in [5, 5.41) is 0. The van der Waals surface area contributed by atoms with Crippen LogP contribution in [0, 0.1) is 40.8 Å². The molecule has 0 aromatic carbocycles. The van der Waals surface area contributed by atoms with Crippen LogP contribution in [0.25, 0.3) is 0 Å². The molecule has 40 valence electrons. The molecule has 0 bridgehead atoms. The monoisotopic (exact) mass is 263 g/mol. The maximum atomic E-state index is 4.61. The minimum Gasteiger partial charge on any atom is -0.364 e. The molecule has 0 N–H and O–H groups in total. The Kier molecular flexibility index (Phi) is 9.32. The predicted molar refractivity (Wildman–Crippen MR) is 35.3 cm³/mol. The van der Waals surface area contributed by atoms with E-state index in [-0.39, 0.29) is 40.8 Å². The minimum atomic E-state index is 0. The number of hydrogen-bond acceptors (Lipinski definition) is 1. The molecule has 0 fully saturated rings. The van der Waals surface area contributed by atoms with Crippen LogP contribution in [0.4, 0.5) is 0 Å². The summed E-state index contributed by atoms with van der Waals surface area (Å²) in [6.45, 7) is 0. The molecule has 0 amide bonds. The second-order valence-electron chi connectivity index (χ2n) is 1.18. The van der Waals surface area contributed by atoms with Crippen LogP contribution in [0.1, 0.15) is 0 Å². The van der Waals surface area contributed by atoms with Crippen LogP contribution in [0.3, 0.4) is 0 Å². The van der Waals surface area contributed by atoms with Gasteiger partial charge in [0.15, 0.2) is 0 Å². The summed E-state index contributed by atoms with van der Waals surface area (Å²) in [6.07, 6.45) is 0. The van der Waals surface area contributed by atoms with Gasteiger partial charge < -0.3 is 4.90 Å². The molecular weight excluding hydrogens is 258 g/mol. The third kappa shape index (κ3) is 7.59. The fraction of sp³-hybridized carbons (Fsp3) is 0.667. The normalized spacial score (nSPS) is 6.71. The smallest absolute Gasteiger partial charge is 0.132 e. The van der Waals surface area contributed by atoms with Gasteiger partial charge in [-0.2, -0.15) is 0 Å². The van der Waals surface area contributed by atoms with E-state index in [2.05, 4.69) is 24.8 Å². The minimum absolute atomic E-state index is 0. The van der Waals surface area contributed by atoms with E-state index in [0.717, 1.165) is 0 Å². The van der Waals surface area contributed by atoms with Crippen LogP contribution in [0.15, 0.2) is 0 Å². The first-order valence-corrected chi connectivity index (χ1v) is 2.40. The van der Waals surface area contributed by atoms with Gasteiger partial charge in [-0.25, -0.2) is 0 Å². The standard InChI is InChI=1S/C3H7NS2.Nd/c1-4(2)3(5)6;/h1-2H3,(H,5,6);. The first-order chi connectivity index (χ1) is 2.64. The average molecular weight is 265 g/mol. The average Bonchev–Trinajstić information content (AvgIpc) is 1.36. The molecule has 0 aliphatic carbocycles. The molecule has 0 aliphatic heterocycles. The maximum absolute atomic E-state index is 4.61. The van der Waals surface area contributed by atoms with Gasteiger partial charge in [-0.3, -0.25) is 0 Å². The zero-order valence-corrected chi connectivity index (χ0v) is 9.22. The van der Waals surface area contributed by atoms with Crippen molar-refractivity contribution in [2.24, 2.45) is 0 Å². The number of thiol groups is 1. The molecule has 1 nitrogen and oxygen atoms in total. The van der Waals surface area contributed by atoms with E-state index in [1.807, 2.05) is 14.1 Å². The fourth-order valence-electron chi connectivity index (χ4n) is 0. The van der Waals surface area contributed by atoms with Gasteiger partial charge in [0.25, 0.3) is 0 Å².